The molecule has 1 aliphatic rings. The summed E-state index contributed by atoms with van der Waals surface area (Å²) in [6.07, 6.45) is 3.55. The number of hydrogen-bond donors (Lipinski definition) is 2. The molecule has 0 aromatic carbocycles. The van der Waals surface area contributed by atoms with Crippen molar-refractivity contribution in [2.45, 2.75) is 39.5 Å². The monoisotopic (exact) mass is 254 g/mol. The van der Waals surface area contributed by atoms with Gasteiger partial charge in [0.25, 0.3) is 0 Å². The Balaban J connectivity index is 0.000000327. The first-order valence-electron chi connectivity index (χ1n) is 6.08. The van der Waals surface area contributed by atoms with Crippen molar-refractivity contribution < 1.29 is 19.8 Å². The maximum Gasteiger partial charge on any atom is 0.331 e. The van der Waals surface area contributed by atoms with Crippen LogP contribution in [-0.4, -0.2) is 22.2 Å². The summed E-state index contributed by atoms with van der Waals surface area (Å²) >= 11 is 0. The summed E-state index contributed by atoms with van der Waals surface area (Å²) in [7, 11) is 0. The predicted octanol–water partition coefficient (Wildman–Crippen LogP) is 3.10. The minimum absolute atomic E-state index is 0.299. The third kappa shape index (κ3) is 7.65. The highest BCUT2D eigenvalue weighted by Crippen LogP contribution is 2.35. The van der Waals surface area contributed by atoms with Gasteiger partial charge in [0.15, 0.2) is 0 Å². The Kier molecular flexibility index (Phi) is 7.01. The van der Waals surface area contributed by atoms with Crippen molar-refractivity contribution in [2.75, 3.05) is 0 Å². The van der Waals surface area contributed by atoms with E-state index in [1.807, 2.05) is 0 Å². The fraction of sp³-hybridized carbons (Fsp3) is 0.571. The van der Waals surface area contributed by atoms with Crippen LogP contribution < -0.4 is 0 Å². The summed E-state index contributed by atoms with van der Waals surface area (Å²) in [5.74, 6) is -0.864. The van der Waals surface area contributed by atoms with E-state index in [4.69, 9.17) is 10.2 Å². The van der Waals surface area contributed by atoms with Crippen LogP contribution in [0.1, 0.15) is 39.5 Å². The molecule has 0 radical (unpaired) electrons. The molecule has 1 rings (SSSR count). The number of carbonyl (C=O) groups is 2. The quantitative estimate of drug-likeness (QED) is 0.714. The number of rotatable bonds is 6. The topological polar surface area (TPSA) is 74.6 Å². The lowest BCUT2D eigenvalue weighted by molar-refractivity contribution is -0.133. The minimum atomic E-state index is -0.874. The van der Waals surface area contributed by atoms with E-state index in [2.05, 4.69) is 27.0 Å². The lowest BCUT2D eigenvalue weighted by atomic mass is 10.0. The fourth-order valence-electron chi connectivity index (χ4n) is 1.18. The summed E-state index contributed by atoms with van der Waals surface area (Å²) in [6, 6.07) is 0. The Hall–Kier alpha value is -1.58. The standard InChI is InChI=1S/C8H14O2.C6H8O2/c1-6(2)4-5-7(3)8(9)10;1-4(6(7)8)5-2-3-5/h6H,3-5H2,1-2H3,(H,9,10);5H,1-3H2,(H,7,8). The lowest BCUT2D eigenvalue weighted by Gasteiger charge is -2.02. The molecule has 0 amide bonds. The average Bonchev–Trinajstić information content (AvgIpc) is 3.09. The first-order chi connectivity index (χ1) is 8.25. The molecule has 0 aromatic heterocycles. The van der Waals surface area contributed by atoms with Gasteiger partial charge in [0, 0.05) is 11.1 Å². The molecule has 0 spiro atoms. The van der Waals surface area contributed by atoms with Gasteiger partial charge in [-0.25, -0.2) is 9.59 Å². The predicted molar refractivity (Wildman–Crippen MR) is 70.3 cm³/mol. The van der Waals surface area contributed by atoms with Gasteiger partial charge in [-0.2, -0.15) is 0 Å². The number of hydrogen-bond acceptors (Lipinski definition) is 2. The Morgan fingerprint density at radius 2 is 1.67 bits per heavy atom. The van der Waals surface area contributed by atoms with E-state index < -0.39 is 11.9 Å². The maximum atomic E-state index is 10.2. The van der Waals surface area contributed by atoms with Crippen molar-refractivity contribution in [3.63, 3.8) is 0 Å². The molecular formula is C14H22O4. The molecule has 0 atom stereocenters. The molecule has 0 aromatic rings. The number of aliphatic carboxylic acids is 2. The third-order valence-electron chi connectivity index (χ3n) is 2.67. The Labute approximate surface area is 108 Å². The molecule has 0 heterocycles. The molecule has 102 valence electrons. The average molecular weight is 254 g/mol. The minimum Gasteiger partial charge on any atom is -0.478 e. The number of carboxylic acids is 2. The van der Waals surface area contributed by atoms with Gasteiger partial charge in [-0.3, -0.25) is 0 Å². The molecule has 1 aliphatic carbocycles. The van der Waals surface area contributed by atoms with Crippen LogP contribution >= 0.6 is 0 Å². The van der Waals surface area contributed by atoms with Crippen LogP contribution in [0.15, 0.2) is 24.3 Å². The van der Waals surface area contributed by atoms with Gasteiger partial charge in [0.05, 0.1) is 0 Å². The Morgan fingerprint density at radius 3 is 1.89 bits per heavy atom. The summed E-state index contributed by atoms with van der Waals surface area (Å²) in [5.41, 5.74) is 0.693. The van der Waals surface area contributed by atoms with E-state index in [0.717, 1.165) is 19.3 Å². The van der Waals surface area contributed by atoms with E-state index in [0.29, 0.717) is 29.4 Å². The van der Waals surface area contributed by atoms with Crippen molar-refractivity contribution in [1.82, 2.24) is 0 Å². The van der Waals surface area contributed by atoms with Gasteiger partial charge in [-0.05, 0) is 37.5 Å². The Morgan fingerprint density at radius 1 is 1.17 bits per heavy atom. The zero-order valence-electron chi connectivity index (χ0n) is 11.1. The molecule has 0 saturated heterocycles. The molecule has 4 heteroatoms. The molecule has 1 saturated carbocycles. The van der Waals surface area contributed by atoms with Crippen molar-refractivity contribution in [3.8, 4) is 0 Å². The summed E-state index contributed by atoms with van der Waals surface area (Å²) < 4.78 is 0. The highest BCUT2D eigenvalue weighted by atomic mass is 16.4. The van der Waals surface area contributed by atoms with Crippen molar-refractivity contribution >= 4 is 11.9 Å². The summed E-state index contributed by atoms with van der Waals surface area (Å²) in [5, 5.41) is 16.7. The second-order valence-electron chi connectivity index (χ2n) is 4.95. The molecule has 1 fully saturated rings. The Bertz CT molecular complexity index is 338. The van der Waals surface area contributed by atoms with Crippen molar-refractivity contribution in [1.29, 1.82) is 0 Å². The molecule has 0 aliphatic heterocycles. The van der Waals surface area contributed by atoms with Crippen LogP contribution in [0.2, 0.25) is 0 Å². The van der Waals surface area contributed by atoms with Gasteiger partial charge >= 0.3 is 11.9 Å². The summed E-state index contributed by atoms with van der Waals surface area (Å²) in [6.45, 7) is 11.0. The maximum absolute atomic E-state index is 10.2. The highest BCUT2D eigenvalue weighted by Gasteiger charge is 2.28. The zero-order valence-corrected chi connectivity index (χ0v) is 11.1. The van der Waals surface area contributed by atoms with Gasteiger partial charge in [0.2, 0.25) is 0 Å². The van der Waals surface area contributed by atoms with Gasteiger partial charge in [-0.15, -0.1) is 0 Å². The second-order valence-corrected chi connectivity index (χ2v) is 4.95. The molecule has 2 N–H and O–H groups in total. The van der Waals surface area contributed by atoms with Crippen LogP contribution in [0, 0.1) is 11.8 Å². The van der Waals surface area contributed by atoms with E-state index in [9.17, 15) is 9.59 Å². The van der Waals surface area contributed by atoms with E-state index >= 15 is 0 Å². The van der Waals surface area contributed by atoms with E-state index in [-0.39, 0.29) is 0 Å². The highest BCUT2D eigenvalue weighted by molar-refractivity contribution is 5.87. The normalized spacial score (nSPS) is 13.5. The molecule has 4 nitrogen and oxygen atoms in total. The van der Waals surface area contributed by atoms with Crippen LogP contribution in [0.25, 0.3) is 0 Å². The van der Waals surface area contributed by atoms with Gasteiger partial charge in [-0.1, -0.05) is 27.0 Å². The van der Waals surface area contributed by atoms with Crippen LogP contribution in [0.4, 0.5) is 0 Å². The second kappa shape index (κ2) is 7.69. The van der Waals surface area contributed by atoms with Crippen LogP contribution in [0.3, 0.4) is 0 Å². The summed E-state index contributed by atoms with van der Waals surface area (Å²) in [4.78, 5) is 20.3. The molecular weight excluding hydrogens is 232 g/mol. The SMILES string of the molecule is C=C(C(=O)O)C1CC1.C=C(CCC(C)C)C(=O)O. The number of carboxylic acid groups (broad SMARTS) is 2. The van der Waals surface area contributed by atoms with Crippen LogP contribution in [0.5, 0.6) is 0 Å². The van der Waals surface area contributed by atoms with Gasteiger partial charge in [0.1, 0.15) is 0 Å². The molecule has 18 heavy (non-hydrogen) atoms. The van der Waals surface area contributed by atoms with Crippen LogP contribution in [-0.2, 0) is 9.59 Å². The first-order valence-corrected chi connectivity index (χ1v) is 6.08. The van der Waals surface area contributed by atoms with E-state index in [1.54, 1.807) is 0 Å². The van der Waals surface area contributed by atoms with E-state index in [1.165, 1.54) is 0 Å². The zero-order chi connectivity index (χ0) is 14.3. The van der Waals surface area contributed by atoms with Gasteiger partial charge < -0.3 is 10.2 Å². The van der Waals surface area contributed by atoms with Crippen molar-refractivity contribution in [3.05, 3.63) is 24.3 Å². The smallest absolute Gasteiger partial charge is 0.331 e. The van der Waals surface area contributed by atoms with Crippen molar-refractivity contribution in [2.24, 2.45) is 11.8 Å². The fourth-order valence-corrected chi connectivity index (χ4v) is 1.18. The lowest BCUT2D eigenvalue weighted by Crippen LogP contribution is -2.00. The largest absolute Gasteiger partial charge is 0.478 e. The third-order valence-corrected chi connectivity index (χ3v) is 2.67. The molecule has 0 unspecified atom stereocenters. The molecule has 0 bridgehead atoms. The first kappa shape index (κ1) is 16.4.